The first-order valence-electron chi connectivity index (χ1n) is 13.4. The van der Waals surface area contributed by atoms with Crippen LogP contribution in [0.4, 0.5) is 9.59 Å². The number of hydrogen-bond donors (Lipinski definition) is 2. The van der Waals surface area contributed by atoms with Crippen LogP contribution in [0.5, 0.6) is 0 Å². The number of carbonyl (C=O) groups excluding carboxylic acids is 3. The summed E-state index contributed by atoms with van der Waals surface area (Å²) in [5.74, 6) is -1.75. The van der Waals surface area contributed by atoms with Crippen molar-refractivity contribution < 1.29 is 33.8 Å². The van der Waals surface area contributed by atoms with E-state index in [2.05, 4.69) is 17.5 Å². The maximum Gasteiger partial charge on any atom is 0.410 e. The molecule has 1 aromatic carbocycles. The molecule has 0 aromatic heterocycles. The van der Waals surface area contributed by atoms with E-state index in [1.54, 1.807) is 25.7 Å². The van der Waals surface area contributed by atoms with Gasteiger partial charge in [-0.05, 0) is 34.9 Å². The Balaban J connectivity index is 1.63. The minimum Gasteiger partial charge on any atom is -0.480 e. The molecule has 0 spiro atoms. The van der Waals surface area contributed by atoms with E-state index in [-0.39, 0.29) is 25.0 Å². The number of carboxylic acid groups (broad SMARTS) is 1. The molecule has 212 valence electrons. The molecule has 0 saturated carbocycles. The average molecular weight is 542 g/mol. The van der Waals surface area contributed by atoms with Crippen LogP contribution in [0.15, 0.2) is 30.4 Å². The SMILES string of the molecule is CC1(C)C/C=C\Cc2cccc3c2CN(C3)C(=O)O[C@@H]2C[C@@H](C(=O)O)N(C2)C(=O)[C@H](C(C)(C)C)NC(=O)OC1. The van der Waals surface area contributed by atoms with Gasteiger partial charge in [0.25, 0.3) is 0 Å². The molecular weight excluding hydrogens is 502 g/mol. The Morgan fingerprint density at radius 3 is 2.51 bits per heavy atom. The fourth-order valence-corrected chi connectivity index (χ4v) is 5.30. The van der Waals surface area contributed by atoms with E-state index >= 15 is 0 Å². The summed E-state index contributed by atoms with van der Waals surface area (Å²) in [4.78, 5) is 54.5. The maximum absolute atomic E-state index is 13.7. The molecule has 39 heavy (non-hydrogen) atoms. The number of carboxylic acids is 1. The first kappa shape index (κ1) is 28.4. The highest BCUT2D eigenvalue weighted by Gasteiger charge is 2.46. The number of ether oxygens (including phenoxy) is 2. The van der Waals surface area contributed by atoms with Gasteiger partial charge in [0.2, 0.25) is 5.91 Å². The predicted molar refractivity (Wildman–Crippen MR) is 143 cm³/mol. The van der Waals surface area contributed by atoms with E-state index in [1.165, 1.54) is 4.90 Å². The highest BCUT2D eigenvalue weighted by molar-refractivity contribution is 5.90. The number of fused-ring (bicyclic) bond motifs is 3. The normalized spacial score (nSPS) is 26.9. The van der Waals surface area contributed by atoms with Gasteiger partial charge in [-0.25, -0.2) is 14.4 Å². The van der Waals surface area contributed by atoms with Crippen molar-refractivity contribution in [3.8, 4) is 0 Å². The molecule has 1 saturated heterocycles. The maximum atomic E-state index is 13.7. The number of benzene rings is 1. The lowest BCUT2D eigenvalue weighted by molar-refractivity contribution is -0.150. The van der Waals surface area contributed by atoms with Crippen molar-refractivity contribution in [3.63, 3.8) is 0 Å². The third-order valence-electron chi connectivity index (χ3n) is 7.58. The van der Waals surface area contributed by atoms with Crippen molar-refractivity contribution in [2.24, 2.45) is 10.8 Å². The summed E-state index contributed by atoms with van der Waals surface area (Å²) in [6.07, 6.45) is 3.43. The van der Waals surface area contributed by atoms with Crippen LogP contribution in [0, 0.1) is 10.8 Å². The fraction of sp³-hybridized carbons (Fsp3) is 0.586. The summed E-state index contributed by atoms with van der Waals surface area (Å²) in [7, 11) is 0. The van der Waals surface area contributed by atoms with Gasteiger partial charge in [0.15, 0.2) is 0 Å². The number of rotatable bonds is 1. The second-order valence-corrected chi connectivity index (χ2v) is 12.6. The number of alkyl carbamates (subject to hydrolysis) is 1. The molecule has 3 aliphatic heterocycles. The third-order valence-corrected chi connectivity index (χ3v) is 7.58. The smallest absolute Gasteiger partial charge is 0.410 e. The summed E-state index contributed by atoms with van der Waals surface area (Å²) in [5, 5.41) is 12.5. The fourth-order valence-electron chi connectivity index (χ4n) is 5.30. The second kappa shape index (κ2) is 10.9. The van der Waals surface area contributed by atoms with Crippen LogP contribution >= 0.6 is 0 Å². The summed E-state index contributed by atoms with van der Waals surface area (Å²) >= 11 is 0. The first-order chi connectivity index (χ1) is 18.2. The van der Waals surface area contributed by atoms with Crippen LogP contribution in [0.25, 0.3) is 0 Å². The lowest BCUT2D eigenvalue weighted by Gasteiger charge is -2.34. The molecule has 0 aliphatic carbocycles. The van der Waals surface area contributed by atoms with E-state index in [9.17, 15) is 24.3 Å². The lowest BCUT2D eigenvalue weighted by atomic mass is 9.85. The first-order valence-corrected chi connectivity index (χ1v) is 13.4. The van der Waals surface area contributed by atoms with Gasteiger partial charge >= 0.3 is 18.2 Å². The van der Waals surface area contributed by atoms with Gasteiger partial charge < -0.3 is 24.8 Å². The Hall–Kier alpha value is -3.56. The summed E-state index contributed by atoms with van der Waals surface area (Å²) < 4.78 is 11.2. The standard InChI is InChI=1S/C29H39N3O7/c1-28(2,3)23-24(33)32-15-20(13-22(32)25(34)35)39-27(37)31-14-19-11-8-10-18(21(19)16-31)9-6-7-12-29(4,5)17-38-26(36)30-23/h6-8,10-11,20,22-23H,9,12-17H2,1-5H3,(H,30,36)(H,34,35)/b7-6-/t20-,22+,23-/m1/s1. The zero-order chi connectivity index (χ0) is 28.5. The van der Waals surface area contributed by atoms with Crippen LogP contribution in [0.3, 0.4) is 0 Å². The van der Waals surface area contributed by atoms with E-state index in [0.717, 1.165) is 16.7 Å². The molecule has 2 N–H and O–H groups in total. The highest BCUT2D eigenvalue weighted by atomic mass is 16.6. The Bertz CT molecular complexity index is 1170. The zero-order valence-electron chi connectivity index (χ0n) is 23.4. The van der Waals surface area contributed by atoms with Crippen LogP contribution in [0.2, 0.25) is 0 Å². The molecule has 3 atom stereocenters. The molecule has 0 radical (unpaired) electrons. The molecule has 3 amide bonds. The van der Waals surface area contributed by atoms with Gasteiger partial charge in [-0.2, -0.15) is 0 Å². The van der Waals surface area contributed by atoms with Gasteiger partial charge in [-0.3, -0.25) is 9.69 Å². The van der Waals surface area contributed by atoms with E-state index < -0.39 is 47.7 Å². The van der Waals surface area contributed by atoms with Crippen LogP contribution < -0.4 is 5.32 Å². The average Bonchev–Trinajstić information content (AvgIpc) is 3.47. The molecule has 1 fully saturated rings. The van der Waals surface area contributed by atoms with Crippen molar-refractivity contribution in [2.45, 2.75) is 85.2 Å². The van der Waals surface area contributed by atoms with Crippen molar-refractivity contribution in [2.75, 3.05) is 13.2 Å². The monoisotopic (exact) mass is 541 g/mol. The Kier molecular flexibility index (Phi) is 7.95. The zero-order valence-corrected chi connectivity index (χ0v) is 23.4. The number of nitrogens with one attached hydrogen (secondary N) is 1. The summed E-state index contributed by atoms with van der Waals surface area (Å²) in [6, 6.07) is 3.80. The Labute approximate surface area is 229 Å². The molecule has 0 unspecified atom stereocenters. The van der Waals surface area contributed by atoms with Gasteiger partial charge in [0.05, 0.1) is 13.2 Å². The molecule has 10 heteroatoms. The van der Waals surface area contributed by atoms with E-state index in [1.807, 2.05) is 32.0 Å². The van der Waals surface area contributed by atoms with Gasteiger partial charge in [-0.15, -0.1) is 0 Å². The number of carbonyl (C=O) groups is 4. The molecule has 3 aliphatic rings. The van der Waals surface area contributed by atoms with E-state index in [4.69, 9.17) is 9.47 Å². The molecule has 1 aromatic rings. The second-order valence-electron chi connectivity index (χ2n) is 12.6. The topological polar surface area (TPSA) is 125 Å². The minimum absolute atomic E-state index is 0.0286. The lowest BCUT2D eigenvalue weighted by Crippen LogP contribution is -2.57. The number of allylic oxidation sites excluding steroid dienone is 2. The van der Waals surface area contributed by atoms with E-state index in [0.29, 0.717) is 25.9 Å². The number of amides is 3. The van der Waals surface area contributed by atoms with Gasteiger partial charge in [-0.1, -0.05) is 65.0 Å². The van der Waals surface area contributed by atoms with Crippen LogP contribution in [0.1, 0.15) is 64.2 Å². The highest BCUT2D eigenvalue weighted by Crippen LogP contribution is 2.31. The number of aliphatic carboxylic acids is 1. The summed E-state index contributed by atoms with van der Waals surface area (Å²) in [6.45, 7) is 10.2. The van der Waals surface area contributed by atoms with Crippen molar-refractivity contribution in [3.05, 3.63) is 47.0 Å². The third kappa shape index (κ3) is 6.54. The molecule has 4 bridgehead atoms. The largest absolute Gasteiger partial charge is 0.480 e. The Morgan fingerprint density at radius 1 is 1.10 bits per heavy atom. The molecule has 10 nitrogen and oxygen atoms in total. The minimum atomic E-state index is -1.19. The molecular formula is C29H39N3O7. The van der Waals surface area contributed by atoms with Crippen LogP contribution in [-0.2, 0) is 38.6 Å². The summed E-state index contributed by atoms with van der Waals surface area (Å²) in [5.41, 5.74) is 2.20. The van der Waals surface area contributed by atoms with Crippen molar-refractivity contribution >= 4 is 24.1 Å². The van der Waals surface area contributed by atoms with Crippen LogP contribution in [-0.4, -0.2) is 70.3 Å². The van der Waals surface area contributed by atoms with Gasteiger partial charge in [0, 0.05) is 24.9 Å². The number of nitrogens with zero attached hydrogens (tertiary/aromatic N) is 2. The quantitative estimate of drug-likeness (QED) is 0.517. The molecule has 4 rings (SSSR count). The number of hydrogen-bond acceptors (Lipinski definition) is 6. The van der Waals surface area contributed by atoms with Gasteiger partial charge in [0.1, 0.15) is 18.2 Å². The van der Waals surface area contributed by atoms with Crippen molar-refractivity contribution in [1.29, 1.82) is 0 Å². The van der Waals surface area contributed by atoms with Crippen molar-refractivity contribution in [1.82, 2.24) is 15.1 Å². The Morgan fingerprint density at radius 2 is 1.82 bits per heavy atom. The number of cyclic esters (lactones) is 1. The molecule has 3 heterocycles. The predicted octanol–water partition coefficient (Wildman–Crippen LogP) is 3.86.